The van der Waals surface area contributed by atoms with Crippen LogP contribution in [-0.4, -0.2) is 16.7 Å². The first kappa shape index (κ1) is 15.1. The molecule has 0 unspecified atom stereocenters. The molecule has 0 bridgehead atoms. The Hall–Kier alpha value is -2.33. The van der Waals surface area contributed by atoms with E-state index in [2.05, 4.69) is 10.5 Å². The molecule has 2 N–H and O–H groups in total. The summed E-state index contributed by atoms with van der Waals surface area (Å²) in [5, 5.41) is 14.2. The number of phenols is 1. The number of nitrogens with zero attached hydrogens (tertiary/aromatic N) is 1. The third-order valence-electron chi connectivity index (χ3n) is 2.99. The zero-order chi connectivity index (χ0) is 15.4. The van der Waals surface area contributed by atoms with Gasteiger partial charge in [-0.15, -0.1) is 0 Å². The molecule has 0 aliphatic rings. The van der Waals surface area contributed by atoms with Crippen LogP contribution in [0, 0.1) is 6.92 Å². The molecule has 2 aromatic rings. The molecule has 5 heteroatoms. The van der Waals surface area contributed by atoms with E-state index in [9.17, 15) is 9.90 Å². The third kappa shape index (κ3) is 3.61. The molecule has 0 saturated carbocycles. The van der Waals surface area contributed by atoms with E-state index in [0.717, 1.165) is 5.56 Å². The van der Waals surface area contributed by atoms with E-state index in [4.69, 9.17) is 11.6 Å². The first-order valence-electron chi connectivity index (χ1n) is 6.38. The molecule has 0 aliphatic heterocycles. The summed E-state index contributed by atoms with van der Waals surface area (Å²) in [6.45, 7) is 3.62. The van der Waals surface area contributed by atoms with Gasteiger partial charge in [0.15, 0.2) is 0 Å². The number of hydrogen-bond donors (Lipinski definition) is 2. The van der Waals surface area contributed by atoms with Crippen molar-refractivity contribution in [2.75, 3.05) is 0 Å². The normalized spacial score (nSPS) is 11.3. The summed E-state index contributed by atoms with van der Waals surface area (Å²) < 4.78 is 0. The number of rotatable bonds is 3. The smallest absolute Gasteiger partial charge is 0.272 e. The Balaban J connectivity index is 2.19. The van der Waals surface area contributed by atoms with Gasteiger partial charge in [-0.05, 0) is 38.1 Å². The van der Waals surface area contributed by atoms with Gasteiger partial charge >= 0.3 is 0 Å². The van der Waals surface area contributed by atoms with Gasteiger partial charge in [0.1, 0.15) is 5.75 Å². The SMILES string of the molecule is CC(=NNC(=O)c1ccccc1Cl)c1cc(C)ccc1O. The molecular weight excluding hydrogens is 288 g/mol. The highest BCUT2D eigenvalue weighted by atomic mass is 35.5. The van der Waals surface area contributed by atoms with Crippen LogP contribution in [0.1, 0.15) is 28.4 Å². The van der Waals surface area contributed by atoms with Crippen LogP contribution < -0.4 is 5.43 Å². The lowest BCUT2D eigenvalue weighted by Crippen LogP contribution is -2.19. The van der Waals surface area contributed by atoms with Crippen LogP contribution in [-0.2, 0) is 0 Å². The van der Waals surface area contributed by atoms with Gasteiger partial charge in [-0.25, -0.2) is 5.43 Å². The Bertz CT molecular complexity index is 711. The summed E-state index contributed by atoms with van der Waals surface area (Å²) in [5.41, 5.74) is 4.87. The van der Waals surface area contributed by atoms with Gasteiger partial charge < -0.3 is 5.11 Å². The van der Waals surface area contributed by atoms with Crippen molar-refractivity contribution in [3.63, 3.8) is 0 Å². The Morgan fingerprint density at radius 1 is 1.19 bits per heavy atom. The molecule has 0 atom stereocenters. The van der Waals surface area contributed by atoms with Crippen molar-refractivity contribution in [2.45, 2.75) is 13.8 Å². The van der Waals surface area contributed by atoms with Crippen molar-refractivity contribution in [3.05, 3.63) is 64.2 Å². The van der Waals surface area contributed by atoms with Crippen molar-refractivity contribution < 1.29 is 9.90 Å². The predicted molar refractivity (Wildman–Crippen MR) is 84.0 cm³/mol. The third-order valence-corrected chi connectivity index (χ3v) is 3.32. The van der Waals surface area contributed by atoms with Gasteiger partial charge in [0, 0.05) is 5.56 Å². The van der Waals surface area contributed by atoms with Crippen LogP contribution in [0.2, 0.25) is 5.02 Å². The minimum atomic E-state index is -0.396. The van der Waals surface area contributed by atoms with Gasteiger partial charge in [0.2, 0.25) is 0 Å². The maximum Gasteiger partial charge on any atom is 0.272 e. The average molecular weight is 303 g/mol. The van der Waals surface area contributed by atoms with Crippen LogP contribution in [0.25, 0.3) is 0 Å². The molecule has 21 heavy (non-hydrogen) atoms. The second-order valence-electron chi connectivity index (χ2n) is 4.64. The number of hydrazone groups is 1. The maximum atomic E-state index is 12.0. The number of aryl methyl sites for hydroxylation is 1. The van der Waals surface area contributed by atoms with Crippen LogP contribution in [0.4, 0.5) is 0 Å². The molecule has 108 valence electrons. The summed E-state index contributed by atoms with van der Waals surface area (Å²) in [6.07, 6.45) is 0. The highest BCUT2D eigenvalue weighted by Crippen LogP contribution is 2.19. The summed E-state index contributed by atoms with van der Waals surface area (Å²) in [7, 11) is 0. The Kier molecular flexibility index (Phi) is 4.60. The van der Waals surface area contributed by atoms with Crippen molar-refractivity contribution in [1.29, 1.82) is 0 Å². The lowest BCUT2D eigenvalue weighted by atomic mass is 10.1. The van der Waals surface area contributed by atoms with Crippen molar-refractivity contribution >= 4 is 23.2 Å². The van der Waals surface area contributed by atoms with Crippen LogP contribution in [0.3, 0.4) is 0 Å². The molecule has 2 aromatic carbocycles. The maximum absolute atomic E-state index is 12.0. The van der Waals surface area contributed by atoms with Gasteiger partial charge in [0.25, 0.3) is 5.91 Å². The molecule has 0 radical (unpaired) electrons. The Morgan fingerprint density at radius 3 is 2.62 bits per heavy atom. The quantitative estimate of drug-likeness (QED) is 0.673. The van der Waals surface area contributed by atoms with Crippen LogP contribution in [0.5, 0.6) is 5.75 Å². The van der Waals surface area contributed by atoms with E-state index >= 15 is 0 Å². The second kappa shape index (κ2) is 6.41. The largest absolute Gasteiger partial charge is 0.507 e. The fourth-order valence-electron chi connectivity index (χ4n) is 1.84. The van der Waals surface area contributed by atoms with E-state index in [0.29, 0.717) is 21.9 Å². The van der Waals surface area contributed by atoms with E-state index in [1.165, 1.54) is 0 Å². The van der Waals surface area contributed by atoms with Crippen molar-refractivity contribution in [1.82, 2.24) is 5.43 Å². The molecule has 0 saturated heterocycles. The van der Waals surface area contributed by atoms with Crippen molar-refractivity contribution in [2.24, 2.45) is 5.10 Å². The van der Waals surface area contributed by atoms with Gasteiger partial charge in [-0.3, -0.25) is 4.79 Å². The zero-order valence-electron chi connectivity index (χ0n) is 11.7. The van der Waals surface area contributed by atoms with Gasteiger partial charge in [-0.2, -0.15) is 5.10 Å². The molecule has 0 aliphatic carbocycles. The fraction of sp³-hybridized carbons (Fsp3) is 0.125. The Morgan fingerprint density at radius 2 is 1.90 bits per heavy atom. The summed E-state index contributed by atoms with van der Waals surface area (Å²) in [6, 6.07) is 11.9. The van der Waals surface area contributed by atoms with Gasteiger partial charge in [0.05, 0.1) is 16.3 Å². The zero-order valence-corrected chi connectivity index (χ0v) is 12.5. The number of amides is 1. The van der Waals surface area contributed by atoms with Crippen LogP contribution in [0.15, 0.2) is 47.6 Å². The van der Waals surface area contributed by atoms with E-state index in [-0.39, 0.29) is 5.75 Å². The lowest BCUT2D eigenvalue weighted by molar-refractivity contribution is 0.0955. The molecule has 0 spiro atoms. The minimum absolute atomic E-state index is 0.119. The summed E-state index contributed by atoms with van der Waals surface area (Å²) in [4.78, 5) is 12.0. The van der Waals surface area contributed by atoms with E-state index in [1.807, 2.05) is 6.92 Å². The highest BCUT2D eigenvalue weighted by molar-refractivity contribution is 6.33. The predicted octanol–water partition coefficient (Wildman–Crippen LogP) is 3.51. The molecule has 0 aromatic heterocycles. The molecule has 0 heterocycles. The molecular formula is C16H15ClN2O2. The number of benzene rings is 2. The van der Waals surface area contributed by atoms with E-state index in [1.54, 1.807) is 49.4 Å². The monoisotopic (exact) mass is 302 g/mol. The van der Waals surface area contributed by atoms with Crippen molar-refractivity contribution in [3.8, 4) is 5.75 Å². The summed E-state index contributed by atoms with van der Waals surface area (Å²) in [5.74, 6) is -0.277. The number of carbonyl (C=O) groups is 1. The second-order valence-corrected chi connectivity index (χ2v) is 5.05. The van der Waals surface area contributed by atoms with E-state index < -0.39 is 5.91 Å². The first-order valence-corrected chi connectivity index (χ1v) is 6.76. The number of aromatic hydroxyl groups is 1. The number of phenolic OH excluding ortho intramolecular Hbond substituents is 1. The van der Waals surface area contributed by atoms with Crippen LogP contribution >= 0.6 is 11.6 Å². The topological polar surface area (TPSA) is 61.7 Å². The molecule has 4 nitrogen and oxygen atoms in total. The van der Waals surface area contributed by atoms with Gasteiger partial charge in [-0.1, -0.05) is 35.4 Å². The number of nitrogens with one attached hydrogen (secondary N) is 1. The molecule has 0 fully saturated rings. The minimum Gasteiger partial charge on any atom is -0.507 e. The molecule has 2 rings (SSSR count). The standard InChI is InChI=1S/C16H15ClN2O2/c1-10-7-8-15(20)13(9-10)11(2)18-19-16(21)12-5-3-4-6-14(12)17/h3-9,20H,1-2H3,(H,19,21). The number of carbonyl (C=O) groups excluding carboxylic acids is 1. The average Bonchev–Trinajstić information content (AvgIpc) is 2.47. The fourth-order valence-corrected chi connectivity index (χ4v) is 2.06. The number of hydrogen-bond acceptors (Lipinski definition) is 3. The molecule has 1 amide bonds. The highest BCUT2D eigenvalue weighted by Gasteiger charge is 2.10. The Labute approximate surface area is 128 Å². The lowest BCUT2D eigenvalue weighted by Gasteiger charge is -2.07. The first-order chi connectivity index (χ1) is 9.99. The number of halogens is 1. The summed E-state index contributed by atoms with van der Waals surface area (Å²) >= 11 is 5.95.